The minimum Gasteiger partial charge on any atom is -0.496 e. The summed E-state index contributed by atoms with van der Waals surface area (Å²) in [7, 11) is 1.61. The maximum atomic E-state index is 12.0. The molecule has 0 atom stereocenters. The Kier molecular flexibility index (Phi) is 5.18. The Labute approximate surface area is 127 Å². The van der Waals surface area contributed by atoms with Crippen LogP contribution in [0.3, 0.4) is 0 Å². The maximum Gasteiger partial charge on any atom is 0.224 e. The first kappa shape index (κ1) is 14.6. The van der Waals surface area contributed by atoms with E-state index in [-0.39, 0.29) is 5.91 Å². The maximum absolute atomic E-state index is 12.0. The molecule has 2 rings (SSSR count). The standard InChI is InChI=1S/C16H16BrNO2/c1-20-15-8-3-2-6-13(15)10-16(19)18-11-12-5-4-7-14(17)9-12/h2-9H,10-11H2,1H3,(H,18,19). The lowest BCUT2D eigenvalue weighted by Gasteiger charge is -2.09. The van der Waals surface area contributed by atoms with E-state index in [1.54, 1.807) is 7.11 Å². The average Bonchev–Trinajstić information content (AvgIpc) is 2.46. The van der Waals surface area contributed by atoms with Gasteiger partial charge in [0.05, 0.1) is 13.5 Å². The molecule has 0 aromatic heterocycles. The summed E-state index contributed by atoms with van der Waals surface area (Å²) >= 11 is 3.41. The zero-order chi connectivity index (χ0) is 14.4. The zero-order valence-corrected chi connectivity index (χ0v) is 12.8. The van der Waals surface area contributed by atoms with E-state index in [0.717, 1.165) is 21.3 Å². The van der Waals surface area contributed by atoms with Gasteiger partial charge in [-0.2, -0.15) is 0 Å². The topological polar surface area (TPSA) is 38.3 Å². The molecule has 1 amide bonds. The molecule has 2 aromatic carbocycles. The summed E-state index contributed by atoms with van der Waals surface area (Å²) in [6.07, 6.45) is 0.317. The number of carbonyl (C=O) groups is 1. The highest BCUT2D eigenvalue weighted by Gasteiger charge is 2.07. The smallest absolute Gasteiger partial charge is 0.224 e. The predicted molar refractivity (Wildman–Crippen MR) is 82.7 cm³/mol. The number of methoxy groups -OCH3 is 1. The summed E-state index contributed by atoms with van der Waals surface area (Å²) in [6, 6.07) is 15.4. The Morgan fingerprint density at radius 1 is 1.20 bits per heavy atom. The number of halogens is 1. The fourth-order valence-corrected chi connectivity index (χ4v) is 2.38. The van der Waals surface area contributed by atoms with Crippen molar-refractivity contribution in [2.75, 3.05) is 7.11 Å². The number of nitrogens with one attached hydrogen (secondary N) is 1. The lowest BCUT2D eigenvalue weighted by atomic mass is 10.1. The van der Waals surface area contributed by atoms with Gasteiger partial charge in [0.15, 0.2) is 0 Å². The Morgan fingerprint density at radius 3 is 2.75 bits per heavy atom. The van der Waals surface area contributed by atoms with Gasteiger partial charge in [-0.1, -0.05) is 46.3 Å². The van der Waals surface area contributed by atoms with Crippen molar-refractivity contribution < 1.29 is 9.53 Å². The van der Waals surface area contributed by atoms with E-state index >= 15 is 0 Å². The van der Waals surface area contributed by atoms with Crippen LogP contribution in [0.4, 0.5) is 0 Å². The van der Waals surface area contributed by atoms with E-state index in [2.05, 4.69) is 21.2 Å². The Morgan fingerprint density at radius 2 is 2.00 bits per heavy atom. The molecule has 0 bridgehead atoms. The largest absolute Gasteiger partial charge is 0.496 e. The highest BCUT2D eigenvalue weighted by molar-refractivity contribution is 9.10. The number of amides is 1. The van der Waals surface area contributed by atoms with Gasteiger partial charge in [0, 0.05) is 16.6 Å². The van der Waals surface area contributed by atoms with Crippen LogP contribution in [0.15, 0.2) is 53.0 Å². The number of rotatable bonds is 5. The summed E-state index contributed by atoms with van der Waals surface area (Å²) in [4.78, 5) is 12.0. The van der Waals surface area contributed by atoms with Gasteiger partial charge in [0.25, 0.3) is 0 Å². The van der Waals surface area contributed by atoms with Crippen molar-refractivity contribution >= 4 is 21.8 Å². The summed E-state index contributed by atoms with van der Waals surface area (Å²) < 4.78 is 6.25. The number of carbonyl (C=O) groups excluding carboxylic acids is 1. The molecule has 0 heterocycles. The van der Waals surface area contributed by atoms with Crippen LogP contribution in [0.2, 0.25) is 0 Å². The minimum absolute atomic E-state index is 0.0190. The molecule has 0 unspecified atom stereocenters. The third kappa shape index (κ3) is 4.10. The van der Waals surface area contributed by atoms with Crippen molar-refractivity contribution in [1.82, 2.24) is 5.32 Å². The molecule has 4 heteroatoms. The predicted octanol–water partition coefficient (Wildman–Crippen LogP) is 3.32. The molecule has 0 saturated carbocycles. The number of para-hydroxylation sites is 1. The third-order valence-electron chi connectivity index (χ3n) is 2.92. The molecular weight excluding hydrogens is 318 g/mol. The highest BCUT2D eigenvalue weighted by atomic mass is 79.9. The molecule has 0 aliphatic carbocycles. The number of hydrogen-bond acceptors (Lipinski definition) is 2. The summed E-state index contributed by atoms with van der Waals surface area (Å²) in [5, 5.41) is 2.91. The van der Waals surface area contributed by atoms with Crippen LogP contribution in [0.1, 0.15) is 11.1 Å². The van der Waals surface area contributed by atoms with Crippen LogP contribution in [0.5, 0.6) is 5.75 Å². The van der Waals surface area contributed by atoms with Gasteiger partial charge in [0.2, 0.25) is 5.91 Å². The zero-order valence-electron chi connectivity index (χ0n) is 11.2. The molecule has 1 N–H and O–H groups in total. The van der Waals surface area contributed by atoms with Crippen molar-refractivity contribution in [2.45, 2.75) is 13.0 Å². The third-order valence-corrected chi connectivity index (χ3v) is 3.42. The minimum atomic E-state index is -0.0190. The van der Waals surface area contributed by atoms with Gasteiger partial charge in [-0.05, 0) is 23.8 Å². The fraction of sp³-hybridized carbons (Fsp3) is 0.188. The van der Waals surface area contributed by atoms with E-state index in [9.17, 15) is 4.79 Å². The highest BCUT2D eigenvalue weighted by Crippen LogP contribution is 2.17. The molecule has 20 heavy (non-hydrogen) atoms. The van der Waals surface area contributed by atoms with Crippen LogP contribution in [-0.4, -0.2) is 13.0 Å². The van der Waals surface area contributed by atoms with Crippen LogP contribution >= 0.6 is 15.9 Å². The van der Waals surface area contributed by atoms with Gasteiger partial charge in [-0.25, -0.2) is 0 Å². The molecule has 0 radical (unpaired) electrons. The normalized spacial score (nSPS) is 10.1. The second kappa shape index (κ2) is 7.10. The second-order valence-corrected chi connectivity index (χ2v) is 5.31. The van der Waals surface area contributed by atoms with Crippen molar-refractivity contribution in [3.05, 3.63) is 64.1 Å². The van der Waals surface area contributed by atoms with Gasteiger partial charge in [-0.3, -0.25) is 4.79 Å². The molecular formula is C16H16BrNO2. The number of hydrogen-bond donors (Lipinski definition) is 1. The van der Waals surface area contributed by atoms with E-state index < -0.39 is 0 Å². The van der Waals surface area contributed by atoms with Gasteiger partial charge in [0.1, 0.15) is 5.75 Å². The molecule has 0 saturated heterocycles. The summed E-state index contributed by atoms with van der Waals surface area (Å²) in [5.41, 5.74) is 1.95. The van der Waals surface area contributed by atoms with Gasteiger partial charge in [-0.15, -0.1) is 0 Å². The molecule has 0 fully saturated rings. The molecule has 0 spiro atoms. The van der Waals surface area contributed by atoms with Crippen LogP contribution in [0, 0.1) is 0 Å². The van der Waals surface area contributed by atoms with Crippen LogP contribution in [-0.2, 0) is 17.8 Å². The van der Waals surface area contributed by atoms with Crippen molar-refractivity contribution in [1.29, 1.82) is 0 Å². The average molecular weight is 334 g/mol. The Bertz CT molecular complexity index is 599. The summed E-state index contributed by atoms with van der Waals surface area (Å²) in [5.74, 6) is 0.722. The lowest BCUT2D eigenvalue weighted by Crippen LogP contribution is -2.24. The molecule has 0 aliphatic rings. The first-order valence-corrected chi connectivity index (χ1v) is 7.11. The molecule has 104 valence electrons. The number of ether oxygens (including phenoxy) is 1. The van der Waals surface area contributed by atoms with Crippen LogP contribution < -0.4 is 10.1 Å². The molecule has 2 aromatic rings. The van der Waals surface area contributed by atoms with Gasteiger partial charge < -0.3 is 10.1 Å². The van der Waals surface area contributed by atoms with E-state index in [1.165, 1.54) is 0 Å². The lowest BCUT2D eigenvalue weighted by molar-refractivity contribution is -0.120. The first-order chi connectivity index (χ1) is 9.69. The van der Waals surface area contributed by atoms with Crippen LogP contribution in [0.25, 0.3) is 0 Å². The van der Waals surface area contributed by atoms with E-state index in [1.807, 2.05) is 48.5 Å². The van der Waals surface area contributed by atoms with E-state index in [4.69, 9.17) is 4.74 Å². The Balaban J connectivity index is 1.93. The van der Waals surface area contributed by atoms with Gasteiger partial charge >= 0.3 is 0 Å². The summed E-state index contributed by atoms with van der Waals surface area (Å²) in [6.45, 7) is 0.521. The monoisotopic (exact) mass is 333 g/mol. The first-order valence-electron chi connectivity index (χ1n) is 6.32. The van der Waals surface area contributed by atoms with E-state index in [0.29, 0.717) is 13.0 Å². The van der Waals surface area contributed by atoms with Crippen molar-refractivity contribution in [2.24, 2.45) is 0 Å². The fourth-order valence-electron chi connectivity index (χ4n) is 1.93. The molecule has 3 nitrogen and oxygen atoms in total. The quantitative estimate of drug-likeness (QED) is 0.911. The Hall–Kier alpha value is -1.81. The SMILES string of the molecule is COc1ccccc1CC(=O)NCc1cccc(Br)c1. The number of benzene rings is 2. The second-order valence-electron chi connectivity index (χ2n) is 4.40. The van der Waals surface area contributed by atoms with Crippen molar-refractivity contribution in [3.8, 4) is 5.75 Å². The molecule has 0 aliphatic heterocycles. The van der Waals surface area contributed by atoms with Crippen molar-refractivity contribution in [3.63, 3.8) is 0 Å².